The molecule has 0 amide bonds. The highest BCUT2D eigenvalue weighted by Gasteiger charge is 2.02. The van der Waals surface area contributed by atoms with Crippen LogP contribution in [0.15, 0.2) is 23.6 Å². The van der Waals surface area contributed by atoms with E-state index < -0.39 is 0 Å². The Hall–Kier alpha value is -1.86. The second-order valence-corrected chi connectivity index (χ2v) is 3.00. The molecule has 4 N–H and O–H groups in total. The molecular formula is C9H14N6O. The number of nitrogens with one attached hydrogen (secondary N) is 3. The van der Waals surface area contributed by atoms with Gasteiger partial charge in [0.25, 0.3) is 0 Å². The summed E-state index contributed by atoms with van der Waals surface area (Å²) in [4.78, 5) is 4.06. The summed E-state index contributed by atoms with van der Waals surface area (Å²) < 4.78 is 0. The number of hydrogen-bond acceptors (Lipinski definition) is 6. The average molecular weight is 222 g/mol. The monoisotopic (exact) mass is 222 g/mol. The van der Waals surface area contributed by atoms with Crippen LogP contribution in [0, 0.1) is 10.9 Å². The minimum absolute atomic E-state index is 0.102. The first-order chi connectivity index (χ1) is 7.81. The number of nitrogens with zero attached hydrogens (tertiary/aromatic N) is 3. The molecule has 16 heavy (non-hydrogen) atoms. The second-order valence-electron chi connectivity index (χ2n) is 3.00. The summed E-state index contributed by atoms with van der Waals surface area (Å²) in [6.07, 6.45) is 2.56. The Balaban J connectivity index is 2.60. The zero-order valence-corrected chi connectivity index (χ0v) is 8.72. The number of hydrogen-bond donors (Lipinski definition) is 4. The van der Waals surface area contributed by atoms with E-state index in [0.29, 0.717) is 18.9 Å². The van der Waals surface area contributed by atoms with Gasteiger partial charge in [-0.3, -0.25) is 5.41 Å². The molecule has 0 fully saturated rings. The molecule has 0 atom stereocenters. The van der Waals surface area contributed by atoms with Crippen LogP contribution in [0.5, 0.6) is 0 Å². The zero-order valence-electron chi connectivity index (χ0n) is 8.72. The molecule has 7 heteroatoms. The molecule has 0 saturated heterocycles. The first kappa shape index (κ1) is 12.2. The molecule has 0 radical (unpaired) electrons. The number of rotatable bonds is 7. The van der Waals surface area contributed by atoms with Crippen LogP contribution >= 0.6 is 0 Å². The molecule has 1 aromatic heterocycles. The van der Waals surface area contributed by atoms with Crippen molar-refractivity contribution in [3.63, 3.8) is 0 Å². The van der Waals surface area contributed by atoms with Crippen molar-refractivity contribution in [1.29, 1.82) is 10.9 Å². The fraction of sp³-hybridized carbons (Fsp3) is 0.333. The predicted molar refractivity (Wildman–Crippen MR) is 59.4 cm³/mol. The molecule has 86 valence electrons. The van der Waals surface area contributed by atoms with E-state index >= 15 is 0 Å². The Bertz CT molecular complexity index is 330. The van der Waals surface area contributed by atoms with E-state index in [0.717, 1.165) is 16.9 Å². The number of aliphatic hydroxyl groups excluding tert-OH is 1. The number of anilines is 1. The molecule has 0 aliphatic carbocycles. The van der Waals surface area contributed by atoms with Gasteiger partial charge in [0.1, 0.15) is 6.34 Å². The van der Waals surface area contributed by atoms with Gasteiger partial charge in [-0.25, -0.2) is 4.98 Å². The van der Waals surface area contributed by atoms with Gasteiger partial charge in [-0.15, -0.1) is 0 Å². The van der Waals surface area contributed by atoms with Crippen LogP contribution in [0.3, 0.4) is 0 Å². The van der Waals surface area contributed by atoms with Gasteiger partial charge in [0, 0.05) is 19.3 Å². The van der Waals surface area contributed by atoms with Crippen LogP contribution in [0.25, 0.3) is 0 Å². The zero-order chi connectivity index (χ0) is 11.8. The van der Waals surface area contributed by atoms with Crippen LogP contribution < -0.4 is 10.3 Å². The van der Waals surface area contributed by atoms with Crippen molar-refractivity contribution in [1.82, 2.24) is 10.3 Å². The molecule has 1 aromatic rings. The Morgan fingerprint density at radius 3 is 2.88 bits per heavy atom. The standard InChI is InChI=1S/C9H14N6O/c10-7-15(14-11)9-2-1-8(6-13-9)5-12-3-4-16/h1-2,6-7,10-12,16H,3-5H2. The van der Waals surface area contributed by atoms with Crippen LogP contribution in [-0.4, -0.2) is 29.6 Å². The number of pyridine rings is 1. The molecule has 0 saturated carbocycles. The third kappa shape index (κ3) is 3.37. The lowest BCUT2D eigenvalue weighted by atomic mass is 10.3. The SMILES string of the molecule is N=CN(N=N)c1ccc(CNCCO)cn1. The summed E-state index contributed by atoms with van der Waals surface area (Å²) in [5.41, 5.74) is 7.77. The van der Waals surface area contributed by atoms with E-state index in [2.05, 4.69) is 15.5 Å². The Morgan fingerprint density at radius 1 is 1.56 bits per heavy atom. The Morgan fingerprint density at radius 2 is 2.38 bits per heavy atom. The van der Waals surface area contributed by atoms with Gasteiger partial charge in [-0.2, -0.15) is 10.5 Å². The van der Waals surface area contributed by atoms with Crippen molar-refractivity contribution >= 4 is 12.2 Å². The molecule has 0 aliphatic rings. The lowest BCUT2D eigenvalue weighted by molar-refractivity contribution is 0.292. The third-order valence-corrected chi connectivity index (χ3v) is 1.89. The highest BCUT2D eigenvalue weighted by Crippen LogP contribution is 2.09. The summed E-state index contributed by atoms with van der Waals surface area (Å²) in [5.74, 6) is 0.427. The molecule has 0 bridgehead atoms. The normalized spacial score (nSPS) is 9.81. The van der Waals surface area contributed by atoms with E-state index in [9.17, 15) is 0 Å². The molecule has 0 aromatic carbocycles. The lowest BCUT2D eigenvalue weighted by Gasteiger charge is -2.09. The number of aromatic nitrogens is 1. The molecule has 0 unspecified atom stereocenters. The highest BCUT2D eigenvalue weighted by molar-refractivity contribution is 5.73. The summed E-state index contributed by atoms with van der Waals surface area (Å²) in [6.45, 7) is 1.26. The van der Waals surface area contributed by atoms with Gasteiger partial charge in [-0.1, -0.05) is 11.3 Å². The average Bonchev–Trinajstić information content (AvgIpc) is 2.33. The van der Waals surface area contributed by atoms with Crippen molar-refractivity contribution in [3.8, 4) is 0 Å². The van der Waals surface area contributed by atoms with Crippen molar-refractivity contribution in [2.45, 2.75) is 6.54 Å². The van der Waals surface area contributed by atoms with Gasteiger partial charge in [-0.05, 0) is 11.6 Å². The minimum Gasteiger partial charge on any atom is -0.395 e. The maximum atomic E-state index is 8.58. The molecule has 1 heterocycles. The Labute approximate surface area is 93.1 Å². The quantitative estimate of drug-likeness (QED) is 0.177. The minimum atomic E-state index is 0.102. The predicted octanol–water partition coefficient (Wildman–Crippen LogP) is 0.523. The van der Waals surface area contributed by atoms with E-state index in [1.165, 1.54) is 0 Å². The summed E-state index contributed by atoms with van der Waals surface area (Å²) in [7, 11) is 0. The van der Waals surface area contributed by atoms with Gasteiger partial charge < -0.3 is 10.4 Å². The van der Waals surface area contributed by atoms with E-state index in [1.54, 1.807) is 12.3 Å². The topological polar surface area (TPSA) is 108 Å². The molecule has 1 rings (SSSR count). The van der Waals surface area contributed by atoms with Crippen molar-refractivity contribution in [2.24, 2.45) is 5.22 Å². The lowest BCUT2D eigenvalue weighted by Crippen LogP contribution is -2.18. The van der Waals surface area contributed by atoms with Gasteiger partial charge in [0.05, 0.1) is 6.61 Å². The fourth-order valence-electron chi connectivity index (χ4n) is 1.11. The molecular weight excluding hydrogens is 208 g/mol. The van der Waals surface area contributed by atoms with Gasteiger partial charge in [0.2, 0.25) is 0 Å². The second kappa shape index (κ2) is 6.59. The van der Waals surface area contributed by atoms with E-state index in [1.807, 2.05) is 6.07 Å². The number of aliphatic hydroxyl groups is 1. The Kier molecular flexibility index (Phi) is 5.03. The smallest absolute Gasteiger partial charge is 0.156 e. The summed E-state index contributed by atoms with van der Waals surface area (Å²) in [5, 5.41) is 22.8. The van der Waals surface area contributed by atoms with Crippen molar-refractivity contribution in [2.75, 3.05) is 18.2 Å². The first-order valence-electron chi connectivity index (χ1n) is 4.75. The molecule has 0 aliphatic heterocycles. The summed E-state index contributed by atoms with van der Waals surface area (Å²) >= 11 is 0. The van der Waals surface area contributed by atoms with Crippen LogP contribution in [0.4, 0.5) is 5.82 Å². The van der Waals surface area contributed by atoms with Crippen LogP contribution in [0.1, 0.15) is 5.56 Å². The van der Waals surface area contributed by atoms with Crippen molar-refractivity contribution in [3.05, 3.63) is 23.9 Å². The van der Waals surface area contributed by atoms with E-state index in [-0.39, 0.29) is 6.61 Å². The largest absolute Gasteiger partial charge is 0.395 e. The van der Waals surface area contributed by atoms with E-state index in [4.69, 9.17) is 16.0 Å². The van der Waals surface area contributed by atoms with Gasteiger partial charge >= 0.3 is 0 Å². The van der Waals surface area contributed by atoms with Crippen LogP contribution in [0.2, 0.25) is 0 Å². The third-order valence-electron chi connectivity index (χ3n) is 1.89. The molecule has 0 spiro atoms. The maximum Gasteiger partial charge on any atom is 0.156 e. The fourth-order valence-corrected chi connectivity index (χ4v) is 1.11. The van der Waals surface area contributed by atoms with Crippen molar-refractivity contribution < 1.29 is 5.11 Å². The first-order valence-corrected chi connectivity index (χ1v) is 4.75. The van der Waals surface area contributed by atoms with Crippen LogP contribution in [-0.2, 0) is 6.54 Å². The summed E-state index contributed by atoms with van der Waals surface area (Å²) in [6, 6.07) is 3.51. The maximum absolute atomic E-state index is 8.58. The van der Waals surface area contributed by atoms with Gasteiger partial charge in [0.15, 0.2) is 5.82 Å². The molecule has 7 nitrogen and oxygen atoms in total. The highest BCUT2D eigenvalue weighted by atomic mass is 16.3.